The molecule has 0 radical (unpaired) electrons. The Morgan fingerprint density at radius 2 is 1.30 bits per heavy atom. The summed E-state index contributed by atoms with van der Waals surface area (Å²) in [6, 6.07) is 19.8. The number of nitrogen functional groups attached to an aromatic ring is 2. The van der Waals surface area contributed by atoms with Gasteiger partial charge in [-0.2, -0.15) is 0 Å². The number of hydrogen-bond acceptors (Lipinski definition) is 8. The average Bonchev–Trinajstić information content (AvgIpc) is 3.34. The van der Waals surface area contributed by atoms with Crippen molar-refractivity contribution in [1.29, 1.82) is 0 Å². The molecule has 30 heavy (non-hydrogen) atoms. The van der Waals surface area contributed by atoms with Crippen LogP contribution in [0.15, 0.2) is 60.7 Å². The second-order valence-corrected chi connectivity index (χ2v) is 6.80. The lowest BCUT2D eigenvalue weighted by molar-refractivity contribution is 0.658. The van der Waals surface area contributed by atoms with Crippen molar-refractivity contribution < 1.29 is 0 Å². The zero-order chi connectivity index (χ0) is 20.5. The molecule has 0 saturated carbocycles. The molecular weight excluding hydrogens is 380 g/mol. The SMILES string of the molecule is Nc1nc(-c2nnn(Cc3ccccc3)c2N)nc2c1nnn2Cc1ccccc1. The maximum absolute atomic E-state index is 6.29. The van der Waals surface area contributed by atoms with Gasteiger partial charge in [0.1, 0.15) is 0 Å². The Balaban J connectivity index is 1.53. The van der Waals surface area contributed by atoms with E-state index in [9.17, 15) is 0 Å². The van der Waals surface area contributed by atoms with Gasteiger partial charge in [0.2, 0.25) is 0 Å². The first-order valence-electron chi connectivity index (χ1n) is 9.33. The number of benzene rings is 2. The number of nitrogens with two attached hydrogens (primary N) is 2. The standard InChI is InChI=1S/C20H18N10/c21-17-15-20(30(28-25-15)12-14-9-5-2-6-10-14)24-19(23-17)16-18(22)29(27-26-16)11-13-7-3-1-4-8-13/h1-10H,11-12,22H2,(H2,21,23,24). The molecule has 0 bridgehead atoms. The summed E-state index contributed by atoms with van der Waals surface area (Å²) >= 11 is 0. The Labute approximate surface area is 171 Å². The molecule has 148 valence electrons. The zero-order valence-corrected chi connectivity index (χ0v) is 15.9. The Kier molecular flexibility index (Phi) is 4.28. The van der Waals surface area contributed by atoms with E-state index in [0.29, 0.717) is 35.8 Å². The summed E-state index contributed by atoms with van der Waals surface area (Å²) in [5.74, 6) is 0.861. The molecule has 5 aromatic rings. The third-order valence-electron chi connectivity index (χ3n) is 4.73. The van der Waals surface area contributed by atoms with E-state index in [0.717, 1.165) is 11.1 Å². The number of fused-ring (bicyclic) bond motifs is 1. The summed E-state index contributed by atoms with van der Waals surface area (Å²) in [6.45, 7) is 0.994. The van der Waals surface area contributed by atoms with Gasteiger partial charge >= 0.3 is 0 Å². The van der Waals surface area contributed by atoms with Crippen LogP contribution in [0.25, 0.3) is 22.7 Å². The molecule has 3 aromatic heterocycles. The van der Waals surface area contributed by atoms with Crippen molar-refractivity contribution >= 4 is 22.8 Å². The van der Waals surface area contributed by atoms with E-state index in [2.05, 4.69) is 30.6 Å². The normalized spacial score (nSPS) is 11.2. The summed E-state index contributed by atoms with van der Waals surface area (Å²) in [5.41, 5.74) is 15.9. The second-order valence-electron chi connectivity index (χ2n) is 6.80. The van der Waals surface area contributed by atoms with E-state index in [1.165, 1.54) is 0 Å². The van der Waals surface area contributed by atoms with Crippen molar-refractivity contribution in [2.24, 2.45) is 0 Å². The van der Waals surface area contributed by atoms with Gasteiger partial charge in [0.25, 0.3) is 0 Å². The summed E-state index contributed by atoms with van der Waals surface area (Å²) < 4.78 is 3.28. The third-order valence-corrected chi connectivity index (χ3v) is 4.73. The first kappa shape index (κ1) is 17.7. The smallest absolute Gasteiger partial charge is 0.188 e. The predicted molar refractivity (Wildman–Crippen MR) is 112 cm³/mol. The molecule has 0 aliphatic rings. The monoisotopic (exact) mass is 398 g/mol. The molecule has 5 rings (SSSR count). The molecule has 10 heteroatoms. The van der Waals surface area contributed by atoms with Gasteiger partial charge in [0.05, 0.1) is 13.1 Å². The molecule has 3 heterocycles. The van der Waals surface area contributed by atoms with Crippen LogP contribution in [0, 0.1) is 0 Å². The lowest BCUT2D eigenvalue weighted by Gasteiger charge is -2.05. The van der Waals surface area contributed by atoms with Gasteiger partial charge in [-0.05, 0) is 11.1 Å². The highest BCUT2D eigenvalue weighted by atomic mass is 15.5. The van der Waals surface area contributed by atoms with Crippen molar-refractivity contribution in [3.05, 3.63) is 71.8 Å². The maximum Gasteiger partial charge on any atom is 0.188 e. The summed E-state index contributed by atoms with van der Waals surface area (Å²) in [7, 11) is 0. The largest absolute Gasteiger partial charge is 0.382 e. The van der Waals surface area contributed by atoms with Crippen molar-refractivity contribution in [3.63, 3.8) is 0 Å². The van der Waals surface area contributed by atoms with E-state index in [1.54, 1.807) is 9.36 Å². The van der Waals surface area contributed by atoms with Crippen LogP contribution < -0.4 is 11.5 Å². The summed E-state index contributed by atoms with van der Waals surface area (Å²) in [5, 5.41) is 16.6. The first-order chi connectivity index (χ1) is 14.7. The van der Waals surface area contributed by atoms with Crippen LogP contribution in [0.1, 0.15) is 11.1 Å². The minimum atomic E-state index is 0.214. The molecule has 0 spiro atoms. The Morgan fingerprint density at radius 3 is 1.97 bits per heavy atom. The van der Waals surface area contributed by atoms with Crippen molar-refractivity contribution in [2.75, 3.05) is 11.5 Å². The first-order valence-corrected chi connectivity index (χ1v) is 9.33. The lowest BCUT2D eigenvalue weighted by Crippen LogP contribution is -2.07. The topological polar surface area (TPSA) is 139 Å². The van der Waals surface area contributed by atoms with Gasteiger partial charge in [-0.3, -0.25) is 0 Å². The molecule has 0 atom stereocenters. The maximum atomic E-state index is 6.29. The van der Waals surface area contributed by atoms with Gasteiger partial charge in [-0.1, -0.05) is 71.1 Å². The molecule has 0 amide bonds. The van der Waals surface area contributed by atoms with Gasteiger partial charge in [-0.25, -0.2) is 19.3 Å². The van der Waals surface area contributed by atoms with Crippen LogP contribution in [-0.2, 0) is 13.1 Å². The van der Waals surface area contributed by atoms with E-state index in [1.807, 2.05) is 60.7 Å². The molecule has 0 aliphatic heterocycles. The molecule has 4 N–H and O–H groups in total. The summed E-state index contributed by atoms with van der Waals surface area (Å²) in [6.07, 6.45) is 0. The zero-order valence-electron chi connectivity index (χ0n) is 15.9. The molecule has 0 aliphatic carbocycles. The van der Waals surface area contributed by atoms with E-state index < -0.39 is 0 Å². The van der Waals surface area contributed by atoms with Gasteiger partial charge < -0.3 is 11.5 Å². The summed E-state index contributed by atoms with van der Waals surface area (Å²) in [4.78, 5) is 8.92. The van der Waals surface area contributed by atoms with E-state index in [-0.39, 0.29) is 11.6 Å². The van der Waals surface area contributed by atoms with E-state index in [4.69, 9.17) is 11.5 Å². The Hall–Kier alpha value is -4.34. The molecular formula is C20H18N10. The van der Waals surface area contributed by atoms with Crippen LogP contribution in [0.2, 0.25) is 0 Å². The number of nitrogens with zero attached hydrogens (tertiary/aromatic N) is 8. The number of aromatic nitrogens is 8. The van der Waals surface area contributed by atoms with Crippen molar-refractivity contribution in [3.8, 4) is 11.5 Å². The minimum Gasteiger partial charge on any atom is -0.382 e. The molecule has 0 unspecified atom stereocenters. The average molecular weight is 398 g/mol. The molecule has 0 saturated heterocycles. The van der Waals surface area contributed by atoms with Gasteiger partial charge in [0, 0.05) is 0 Å². The second kappa shape index (κ2) is 7.24. The number of rotatable bonds is 5. The molecule has 2 aromatic carbocycles. The molecule has 0 fully saturated rings. The van der Waals surface area contributed by atoms with Gasteiger partial charge in [0.15, 0.2) is 34.3 Å². The fraction of sp³-hybridized carbons (Fsp3) is 0.100. The Bertz CT molecular complexity index is 1310. The van der Waals surface area contributed by atoms with Crippen LogP contribution >= 0.6 is 0 Å². The van der Waals surface area contributed by atoms with Crippen LogP contribution in [0.4, 0.5) is 11.6 Å². The highest BCUT2D eigenvalue weighted by Gasteiger charge is 2.19. The fourth-order valence-corrected chi connectivity index (χ4v) is 3.20. The minimum absolute atomic E-state index is 0.214. The third kappa shape index (κ3) is 3.20. The van der Waals surface area contributed by atoms with Crippen molar-refractivity contribution in [2.45, 2.75) is 13.1 Å². The predicted octanol–water partition coefficient (Wildman–Crippen LogP) is 1.74. The number of anilines is 2. The fourth-order valence-electron chi connectivity index (χ4n) is 3.20. The highest BCUT2D eigenvalue weighted by molar-refractivity contribution is 5.83. The quantitative estimate of drug-likeness (QED) is 0.456. The molecule has 10 nitrogen and oxygen atoms in total. The van der Waals surface area contributed by atoms with Crippen LogP contribution in [-0.4, -0.2) is 40.0 Å². The van der Waals surface area contributed by atoms with Crippen LogP contribution in [0.3, 0.4) is 0 Å². The van der Waals surface area contributed by atoms with Gasteiger partial charge in [-0.15, -0.1) is 10.2 Å². The highest BCUT2D eigenvalue weighted by Crippen LogP contribution is 2.24. The van der Waals surface area contributed by atoms with Crippen LogP contribution in [0.5, 0.6) is 0 Å². The lowest BCUT2D eigenvalue weighted by atomic mass is 10.2. The number of hydrogen-bond donors (Lipinski definition) is 2. The Morgan fingerprint density at radius 1 is 0.700 bits per heavy atom. The van der Waals surface area contributed by atoms with E-state index >= 15 is 0 Å². The van der Waals surface area contributed by atoms with Crippen molar-refractivity contribution in [1.82, 2.24) is 40.0 Å².